The van der Waals surface area contributed by atoms with Crippen molar-refractivity contribution in [2.45, 2.75) is 86.5 Å². The van der Waals surface area contributed by atoms with Gasteiger partial charge in [-0.05, 0) is 108 Å². The molecule has 0 bridgehead atoms. The van der Waals surface area contributed by atoms with Crippen molar-refractivity contribution < 1.29 is 9.47 Å². The third-order valence-corrected chi connectivity index (χ3v) is 9.28. The molecule has 0 fully saturated rings. The maximum absolute atomic E-state index is 7.68. The summed E-state index contributed by atoms with van der Waals surface area (Å²) in [4.78, 5) is 4.51. The van der Waals surface area contributed by atoms with Gasteiger partial charge in [-0.1, -0.05) is 97.0 Å². The molecule has 5 heteroatoms. The van der Waals surface area contributed by atoms with Crippen LogP contribution in [-0.4, -0.2) is 13.2 Å². The highest BCUT2D eigenvalue weighted by Gasteiger charge is 2.28. The SMILES string of the molecule is C=C/C(=C\CC)N(c1ccc(C(C)(C)C)cc1)c1cc(C)cc(N(c2ccc3c(c2)OCCO3)c2c(C)cc(C(C)(C)C)cc2C)c1Cl. The van der Waals surface area contributed by atoms with Crippen molar-refractivity contribution in [1.82, 2.24) is 0 Å². The Morgan fingerprint density at radius 2 is 1.31 bits per heavy atom. The number of benzene rings is 4. The number of hydrogen-bond acceptors (Lipinski definition) is 4. The normalized spacial score (nSPS) is 13.4. The molecule has 0 saturated heterocycles. The van der Waals surface area contributed by atoms with Crippen molar-refractivity contribution in [2.24, 2.45) is 0 Å². The lowest BCUT2D eigenvalue weighted by atomic mass is 9.84. The number of rotatable bonds is 8. The highest BCUT2D eigenvalue weighted by molar-refractivity contribution is 6.36. The van der Waals surface area contributed by atoms with E-state index in [2.05, 4.69) is 152 Å². The van der Waals surface area contributed by atoms with E-state index >= 15 is 0 Å². The maximum Gasteiger partial charge on any atom is 0.163 e. The van der Waals surface area contributed by atoms with E-state index in [4.69, 9.17) is 21.1 Å². The molecule has 4 nitrogen and oxygen atoms in total. The average molecular weight is 663 g/mol. The summed E-state index contributed by atoms with van der Waals surface area (Å²) in [6.07, 6.45) is 4.97. The van der Waals surface area contributed by atoms with Crippen LogP contribution in [0, 0.1) is 20.8 Å². The van der Waals surface area contributed by atoms with Crippen LogP contribution < -0.4 is 19.3 Å². The first-order valence-corrected chi connectivity index (χ1v) is 17.4. The number of nitrogens with zero attached hydrogens (tertiary/aromatic N) is 2. The van der Waals surface area contributed by atoms with Crippen LogP contribution in [0.1, 0.15) is 82.7 Å². The largest absolute Gasteiger partial charge is 0.486 e. The highest BCUT2D eigenvalue weighted by atomic mass is 35.5. The van der Waals surface area contributed by atoms with E-state index in [9.17, 15) is 0 Å². The standard InChI is InChI=1S/C43H51ClN2O2/c1-12-14-33(13-2)45(34-17-15-31(16-18-34)42(6,7)8)36-23-28(3)24-37(40(36)44)46(35-19-20-38-39(27-35)48-22-21-47-38)41-29(4)25-32(26-30(41)5)43(9,10)11/h13-20,23-27H,2,12,21-22H2,1,3-11H3/b33-14+. The van der Waals surface area contributed by atoms with Gasteiger partial charge in [-0.3, -0.25) is 0 Å². The maximum atomic E-state index is 7.68. The van der Waals surface area contributed by atoms with Gasteiger partial charge in [0.05, 0.1) is 27.8 Å². The second kappa shape index (κ2) is 13.8. The van der Waals surface area contributed by atoms with Crippen molar-refractivity contribution >= 4 is 40.0 Å². The topological polar surface area (TPSA) is 24.9 Å². The zero-order valence-corrected chi connectivity index (χ0v) is 31.2. The number of fused-ring (bicyclic) bond motifs is 1. The van der Waals surface area contributed by atoms with Crippen LogP contribution in [-0.2, 0) is 10.8 Å². The number of hydrogen-bond donors (Lipinski definition) is 0. The summed E-state index contributed by atoms with van der Waals surface area (Å²) in [5.41, 5.74) is 11.9. The minimum Gasteiger partial charge on any atom is -0.486 e. The summed E-state index contributed by atoms with van der Waals surface area (Å²) in [5, 5.41) is 0.637. The molecular formula is C43H51ClN2O2. The fourth-order valence-corrected chi connectivity index (χ4v) is 6.65. The number of halogens is 1. The molecule has 0 saturated carbocycles. The van der Waals surface area contributed by atoms with Gasteiger partial charge in [0.2, 0.25) is 0 Å². The van der Waals surface area contributed by atoms with Gasteiger partial charge in [0, 0.05) is 17.5 Å². The van der Waals surface area contributed by atoms with Gasteiger partial charge in [-0.25, -0.2) is 0 Å². The molecule has 0 atom stereocenters. The molecule has 0 radical (unpaired) electrons. The Balaban J connectivity index is 1.79. The molecule has 48 heavy (non-hydrogen) atoms. The van der Waals surface area contributed by atoms with Crippen molar-refractivity contribution in [3.63, 3.8) is 0 Å². The minimum atomic E-state index is 0.0137. The van der Waals surface area contributed by atoms with Gasteiger partial charge in [0.1, 0.15) is 13.2 Å². The van der Waals surface area contributed by atoms with Crippen LogP contribution in [0.25, 0.3) is 0 Å². The van der Waals surface area contributed by atoms with E-state index in [0.717, 1.165) is 57.6 Å². The minimum absolute atomic E-state index is 0.0137. The molecule has 0 unspecified atom stereocenters. The van der Waals surface area contributed by atoms with Crippen LogP contribution in [0.3, 0.4) is 0 Å². The van der Waals surface area contributed by atoms with Crippen LogP contribution >= 0.6 is 11.6 Å². The molecule has 4 aromatic rings. The smallest absolute Gasteiger partial charge is 0.163 e. The summed E-state index contributed by atoms with van der Waals surface area (Å²) < 4.78 is 12.0. The van der Waals surface area contributed by atoms with Crippen molar-refractivity contribution in [3.05, 3.63) is 124 Å². The third-order valence-electron chi connectivity index (χ3n) is 8.90. The van der Waals surface area contributed by atoms with Crippen LogP contribution in [0.15, 0.2) is 91.2 Å². The first-order valence-electron chi connectivity index (χ1n) is 17.0. The number of anilines is 5. The molecule has 252 valence electrons. The summed E-state index contributed by atoms with van der Waals surface area (Å²) in [6, 6.07) is 23.9. The van der Waals surface area contributed by atoms with Crippen LogP contribution in [0.5, 0.6) is 11.5 Å². The van der Waals surface area contributed by atoms with Gasteiger partial charge in [0.25, 0.3) is 0 Å². The number of aryl methyl sites for hydroxylation is 3. The van der Waals surface area contributed by atoms with E-state index in [0.29, 0.717) is 18.2 Å². The third kappa shape index (κ3) is 7.15. The molecule has 0 aliphatic carbocycles. The van der Waals surface area contributed by atoms with Gasteiger partial charge < -0.3 is 19.3 Å². The Morgan fingerprint density at radius 3 is 1.88 bits per heavy atom. The zero-order valence-electron chi connectivity index (χ0n) is 30.4. The second-order valence-electron chi connectivity index (χ2n) is 14.9. The van der Waals surface area contributed by atoms with E-state index in [-0.39, 0.29) is 10.8 Å². The predicted octanol–water partition coefficient (Wildman–Crippen LogP) is 12.7. The molecular weight excluding hydrogens is 612 g/mol. The van der Waals surface area contributed by atoms with Crippen LogP contribution in [0.2, 0.25) is 5.02 Å². The fraction of sp³-hybridized carbons (Fsp3) is 0.349. The van der Waals surface area contributed by atoms with Crippen LogP contribution in [0.4, 0.5) is 28.4 Å². The zero-order chi connectivity index (χ0) is 35.0. The van der Waals surface area contributed by atoms with E-state index in [1.165, 1.54) is 22.3 Å². The second-order valence-corrected chi connectivity index (χ2v) is 15.2. The molecule has 5 rings (SSSR count). The number of allylic oxidation sites excluding steroid dienone is 2. The molecule has 1 aliphatic heterocycles. The van der Waals surface area contributed by atoms with Crippen molar-refractivity contribution in [1.29, 1.82) is 0 Å². The number of ether oxygens (including phenoxy) is 2. The Morgan fingerprint density at radius 1 is 0.750 bits per heavy atom. The molecule has 1 aliphatic rings. The monoisotopic (exact) mass is 662 g/mol. The van der Waals surface area contributed by atoms with Crippen molar-refractivity contribution in [3.8, 4) is 11.5 Å². The summed E-state index contributed by atoms with van der Waals surface area (Å²) >= 11 is 7.68. The molecule has 0 amide bonds. The summed E-state index contributed by atoms with van der Waals surface area (Å²) in [7, 11) is 0. The van der Waals surface area contributed by atoms with Crippen molar-refractivity contribution in [2.75, 3.05) is 23.0 Å². The Bertz CT molecular complexity index is 1820. The van der Waals surface area contributed by atoms with E-state index in [1.807, 2.05) is 12.1 Å². The van der Waals surface area contributed by atoms with E-state index < -0.39 is 0 Å². The summed E-state index contributed by atoms with van der Waals surface area (Å²) in [5.74, 6) is 1.48. The highest BCUT2D eigenvalue weighted by Crippen LogP contribution is 2.49. The lowest BCUT2D eigenvalue weighted by Gasteiger charge is -2.34. The fourth-order valence-electron chi connectivity index (χ4n) is 6.37. The van der Waals surface area contributed by atoms with Gasteiger partial charge in [0.15, 0.2) is 11.5 Å². The molecule has 0 N–H and O–H groups in total. The van der Waals surface area contributed by atoms with Gasteiger partial charge >= 0.3 is 0 Å². The molecule has 4 aromatic carbocycles. The Hall–Kier alpha value is -4.15. The first kappa shape index (κ1) is 35.2. The average Bonchev–Trinajstić information content (AvgIpc) is 3.03. The van der Waals surface area contributed by atoms with Gasteiger partial charge in [-0.2, -0.15) is 0 Å². The van der Waals surface area contributed by atoms with E-state index in [1.54, 1.807) is 0 Å². The predicted molar refractivity (Wildman–Crippen MR) is 206 cm³/mol. The van der Waals surface area contributed by atoms with Gasteiger partial charge in [-0.15, -0.1) is 0 Å². The quantitative estimate of drug-likeness (QED) is 0.175. The molecule has 1 heterocycles. The molecule has 0 spiro atoms. The Kier molecular flexibility index (Phi) is 10.1. The first-order chi connectivity index (χ1) is 22.6. The Labute approximate surface area is 293 Å². The lowest BCUT2D eigenvalue weighted by molar-refractivity contribution is 0.171. The lowest BCUT2D eigenvalue weighted by Crippen LogP contribution is -2.20. The summed E-state index contributed by atoms with van der Waals surface area (Å²) in [6.45, 7) is 27.4. The molecule has 0 aromatic heterocycles.